The molecule has 0 saturated carbocycles. The first-order valence-corrected chi connectivity index (χ1v) is 12.6. The quantitative estimate of drug-likeness (QED) is 0.274. The summed E-state index contributed by atoms with van der Waals surface area (Å²) < 4.78 is 18.7. The van der Waals surface area contributed by atoms with Crippen LogP contribution < -0.4 is 19.5 Å². The molecule has 4 aromatic rings. The fraction of sp³-hybridized carbons (Fsp3) is 0.323. The Hall–Kier alpha value is -3.93. The Bertz CT molecular complexity index is 1320. The highest BCUT2D eigenvalue weighted by atomic mass is 16.5. The van der Waals surface area contributed by atoms with Crippen molar-refractivity contribution in [3.8, 4) is 17.2 Å². The van der Waals surface area contributed by atoms with Crippen molar-refractivity contribution in [2.45, 2.75) is 32.7 Å². The monoisotopic (exact) mass is 500 g/mol. The summed E-state index contributed by atoms with van der Waals surface area (Å²) in [6, 6.07) is 22.3. The molecule has 6 heteroatoms. The number of ether oxygens (including phenoxy) is 3. The molecule has 3 aromatic carbocycles. The van der Waals surface area contributed by atoms with Gasteiger partial charge in [0.05, 0.1) is 21.3 Å². The zero-order valence-electron chi connectivity index (χ0n) is 22.3. The maximum atomic E-state index is 13.1. The molecular weight excluding hydrogens is 464 g/mol. The average molecular weight is 501 g/mol. The number of carbonyl (C=O) groups excluding carboxylic acids is 1. The van der Waals surface area contributed by atoms with E-state index >= 15 is 0 Å². The number of aromatic nitrogens is 1. The van der Waals surface area contributed by atoms with Crippen molar-refractivity contribution in [2.24, 2.45) is 5.92 Å². The fourth-order valence-corrected chi connectivity index (χ4v) is 4.62. The minimum absolute atomic E-state index is 0.0208. The molecule has 1 atom stereocenters. The second kappa shape index (κ2) is 11.9. The SMILES string of the molecule is COc1ccc(Cn2cc([C@H](CC(=O)NCC(C)C)c3cc(OC)cc(OC)c3)c3ccccc32)cc1. The van der Waals surface area contributed by atoms with Crippen LogP contribution >= 0.6 is 0 Å². The van der Waals surface area contributed by atoms with Crippen LogP contribution in [0.5, 0.6) is 17.2 Å². The lowest BCUT2D eigenvalue weighted by Gasteiger charge is -2.19. The number of carbonyl (C=O) groups is 1. The second-order valence-electron chi connectivity index (χ2n) is 9.68. The summed E-state index contributed by atoms with van der Waals surface area (Å²) in [5, 5.41) is 4.22. The summed E-state index contributed by atoms with van der Waals surface area (Å²) in [6.07, 6.45) is 2.50. The number of methoxy groups -OCH3 is 3. The molecule has 0 bridgehead atoms. The molecule has 0 aliphatic carbocycles. The highest BCUT2D eigenvalue weighted by Gasteiger charge is 2.24. The van der Waals surface area contributed by atoms with Gasteiger partial charge in [-0.15, -0.1) is 0 Å². The van der Waals surface area contributed by atoms with Gasteiger partial charge >= 0.3 is 0 Å². The van der Waals surface area contributed by atoms with Crippen LogP contribution in [0.25, 0.3) is 10.9 Å². The summed E-state index contributed by atoms with van der Waals surface area (Å²) in [7, 11) is 4.96. The van der Waals surface area contributed by atoms with Gasteiger partial charge in [-0.1, -0.05) is 44.2 Å². The first-order chi connectivity index (χ1) is 17.9. The van der Waals surface area contributed by atoms with Gasteiger partial charge in [0, 0.05) is 48.6 Å². The Morgan fingerprint density at radius 3 is 2.14 bits per heavy atom. The van der Waals surface area contributed by atoms with E-state index in [0.717, 1.165) is 27.8 Å². The molecule has 4 rings (SSSR count). The molecule has 0 radical (unpaired) electrons. The third-order valence-electron chi connectivity index (χ3n) is 6.58. The molecule has 1 amide bonds. The van der Waals surface area contributed by atoms with E-state index in [4.69, 9.17) is 14.2 Å². The van der Waals surface area contributed by atoms with Crippen LogP contribution in [0.4, 0.5) is 0 Å². The molecule has 1 N–H and O–H groups in total. The number of nitrogens with zero attached hydrogens (tertiary/aromatic N) is 1. The van der Waals surface area contributed by atoms with Crippen molar-refractivity contribution in [2.75, 3.05) is 27.9 Å². The summed E-state index contributed by atoms with van der Waals surface area (Å²) in [6.45, 7) is 5.54. The van der Waals surface area contributed by atoms with Crippen molar-refractivity contribution in [3.05, 3.63) is 89.6 Å². The standard InChI is InChI=1S/C31H36N2O4/c1-21(2)18-32-31(34)17-28(23-14-25(36-4)16-26(15-23)37-5)29-20-33(30-9-7-6-8-27(29)30)19-22-10-12-24(35-3)13-11-22/h6-16,20-21,28H,17-19H2,1-5H3,(H,32,34)/t28-/m1/s1. The van der Waals surface area contributed by atoms with Crippen molar-refractivity contribution >= 4 is 16.8 Å². The highest BCUT2D eigenvalue weighted by Crippen LogP contribution is 2.38. The fourth-order valence-electron chi connectivity index (χ4n) is 4.62. The van der Waals surface area contributed by atoms with Gasteiger partial charge in [-0.2, -0.15) is 0 Å². The largest absolute Gasteiger partial charge is 0.497 e. The molecule has 6 nitrogen and oxygen atoms in total. The average Bonchev–Trinajstić information content (AvgIpc) is 3.28. The zero-order valence-corrected chi connectivity index (χ0v) is 22.3. The van der Waals surface area contributed by atoms with Crippen LogP contribution in [0.2, 0.25) is 0 Å². The molecule has 0 unspecified atom stereocenters. The third kappa shape index (κ3) is 6.26. The Morgan fingerprint density at radius 1 is 0.865 bits per heavy atom. The van der Waals surface area contributed by atoms with Crippen molar-refractivity contribution in [1.29, 1.82) is 0 Å². The normalized spacial score (nSPS) is 11.9. The van der Waals surface area contributed by atoms with Crippen LogP contribution in [0, 0.1) is 5.92 Å². The van der Waals surface area contributed by atoms with Crippen LogP contribution in [-0.4, -0.2) is 38.3 Å². The lowest BCUT2D eigenvalue weighted by Crippen LogP contribution is -2.28. The summed E-state index contributed by atoms with van der Waals surface area (Å²) in [5.74, 6) is 2.45. The summed E-state index contributed by atoms with van der Waals surface area (Å²) >= 11 is 0. The third-order valence-corrected chi connectivity index (χ3v) is 6.58. The van der Waals surface area contributed by atoms with Gasteiger partial charge in [0.15, 0.2) is 0 Å². The van der Waals surface area contributed by atoms with Crippen molar-refractivity contribution in [3.63, 3.8) is 0 Å². The molecule has 1 aromatic heterocycles. The zero-order chi connectivity index (χ0) is 26.4. The van der Waals surface area contributed by atoms with Crippen LogP contribution in [0.1, 0.15) is 42.9 Å². The predicted molar refractivity (Wildman–Crippen MR) is 148 cm³/mol. The number of hydrogen-bond donors (Lipinski definition) is 1. The Kier molecular flexibility index (Phi) is 8.39. The summed E-state index contributed by atoms with van der Waals surface area (Å²) in [4.78, 5) is 13.1. The first-order valence-electron chi connectivity index (χ1n) is 12.6. The van der Waals surface area contributed by atoms with Gasteiger partial charge < -0.3 is 24.1 Å². The molecule has 37 heavy (non-hydrogen) atoms. The van der Waals surface area contributed by atoms with Crippen molar-refractivity contribution in [1.82, 2.24) is 9.88 Å². The van der Waals surface area contributed by atoms with Gasteiger partial charge in [-0.05, 0) is 52.9 Å². The maximum Gasteiger partial charge on any atom is 0.220 e. The van der Waals surface area contributed by atoms with Gasteiger partial charge in [0.1, 0.15) is 17.2 Å². The van der Waals surface area contributed by atoms with E-state index in [1.54, 1.807) is 21.3 Å². The molecule has 0 saturated heterocycles. The van der Waals surface area contributed by atoms with E-state index < -0.39 is 0 Å². The molecule has 0 aliphatic rings. The van der Waals surface area contributed by atoms with E-state index in [9.17, 15) is 4.79 Å². The first kappa shape index (κ1) is 26.1. The minimum atomic E-state index is -0.182. The number of benzene rings is 3. The maximum absolute atomic E-state index is 13.1. The Balaban J connectivity index is 1.79. The predicted octanol–water partition coefficient (Wildman–Crippen LogP) is 6.01. The second-order valence-corrected chi connectivity index (χ2v) is 9.68. The van der Waals surface area contributed by atoms with Gasteiger partial charge in [-0.3, -0.25) is 4.79 Å². The molecule has 0 spiro atoms. The van der Waals surface area contributed by atoms with E-state index in [1.165, 1.54) is 5.56 Å². The smallest absolute Gasteiger partial charge is 0.220 e. The Morgan fingerprint density at radius 2 is 1.51 bits per heavy atom. The number of amides is 1. The minimum Gasteiger partial charge on any atom is -0.497 e. The Labute approximate surface area is 219 Å². The van der Waals surface area contributed by atoms with Crippen LogP contribution in [0.3, 0.4) is 0 Å². The van der Waals surface area contributed by atoms with Crippen LogP contribution in [0.15, 0.2) is 72.9 Å². The van der Waals surface area contributed by atoms with E-state index in [1.807, 2.05) is 36.4 Å². The van der Waals surface area contributed by atoms with Gasteiger partial charge in [0.2, 0.25) is 5.91 Å². The van der Waals surface area contributed by atoms with E-state index in [2.05, 4.69) is 60.3 Å². The topological polar surface area (TPSA) is 61.7 Å². The lowest BCUT2D eigenvalue weighted by molar-refractivity contribution is -0.121. The number of hydrogen-bond acceptors (Lipinski definition) is 4. The molecular formula is C31H36N2O4. The van der Waals surface area contributed by atoms with Gasteiger partial charge in [0.25, 0.3) is 0 Å². The highest BCUT2D eigenvalue weighted by molar-refractivity contribution is 5.87. The molecule has 194 valence electrons. The van der Waals surface area contributed by atoms with Crippen LogP contribution in [-0.2, 0) is 11.3 Å². The molecule has 0 fully saturated rings. The number of para-hydroxylation sites is 1. The van der Waals surface area contributed by atoms with E-state index in [-0.39, 0.29) is 11.8 Å². The number of fused-ring (bicyclic) bond motifs is 1. The number of rotatable bonds is 11. The molecule has 0 aliphatic heterocycles. The van der Waals surface area contributed by atoms with Crippen molar-refractivity contribution < 1.29 is 19.0 Å². The van der Waals surface area contributed by atoms with Gasteiger partial charge in [-0.25, -0.2) is 0 Å². The summed E-state index contributed by atoms with van der Waals surface area (Å²) in [5.41, 5.74) is 4.36. The van der Waals surface area contributed by atoms with E-state index in [0.29, 0.717) is 36.9 Å². The molecule has 1 heterocycles. The lowest BCUT2D eigenvalue weighted by atomic mass is 9.87. The number of nitrogens with one attached hydrogen (secondary N) is 1.